The molecule has 0 aromatic carbocycles. The van der Waals surface area contributed by atoms with Gasteiger partial charge < -0.3 is 20.5 Å². The van der Waals surface area contributed by atoms with Gasteiger partial charge in [-0.15, -0.1) is 0 Å². The average Bonchev–Trinajstić information content (AvgIpc) is 2.77. The molecule has 1 saturated heterocycles. The molecule has 12 heteroatoms. The first-order valence-electron chi connectivity index (χ1n) is 10.4. The van der Waals surface area contributed by atoms with Gasteiger partial charge in [0.05, 0.1) is 31.4 Å². The van der Waals surface area contributed by atoms with Gasteiger partial charge in [-0.2, -0.15) is 0 Å². The van der Waals surface area contributed by atoms with Crippen LogP contribution < -0.4 is 15.8 Å². The molecule has 1 spiro atoms. The van der Waals surface area contributed by atoms with Crippen LogP contribution in [-0.2, 0) is 14.6 Å². The van der Waals surface area contributed by atoms with E-state index >= 15 is 0 Å². The molecule has 10 nitrogen and oxygen atoms in total. The van der Waals surface area contributed by atoms with Crippen LogP contribution in [0.15, 0.2) is 40.7 Å². The summed E-state index contributed by atoms with van der Waals surface area (Å²) in [5.41, 5.74) is 6.39. The van der Waals surface area contributed by atoms with E-state index in [0.717, 1.165) is 5.57 Å². The molecule has 0 bridgehead atoms. The van der Waals surface area contributed by atoms with Crippen LogP contribution >= 0.6 is 0 Å². The fraction of sp³-hybridized carbons (Fsp3) is 0.524. The first kappa shape index (κ1) is 24.8. The molecule has 1 aromatic rings. The van der Waals surface area contributed by atoms with E-state index in [4.69, 9.17) is 15.2 Å². The minimum atomic E-state index is -3.62. The number of amidine groups is 1. The molecule has 1 atom stereocenters. The van der Waals surface area contributed by atoms with Gasteiger partial charge in [0.2, 0.25) is 5.88 Å². The molecule has 0 saturated carbocycles. The number of nitrogens with two attached hydrogens (primary N) is 1. The van der Waals surface area contributed by atoms with Gasteiger partial charge in [0.1, 0.15) is 35.1 Å². The summed E-state index contributed by atoms with van der Waals surface area (Å²) in [6, 6.07) is 0. The second-order valence-corrected chi connectivity index (χ2v) is 10.7. The molecule has 2 aliphatic heterocycles. The number of nitrogens with zero attached hydrogens (tertiary/aromatic N) is 3. The Morgan fingerprint density at radius 2 is 2.12 bits per heavy atom. The highest BCUT2D eigenvalue weighted by molar-refractivity contribution is 7.93. The molecule has 180 valence electrons. The standard InChI is InChI=1S/C21H28FN5O5S/c1-4-14-11-31-12-21(13-33(29,30)20(2,3)19(23)27-21)15(14)5-7-24-18(28)16-9-26-17(10-25-16)32-8-6-22/h4-5,9-10H,6-8,11-13H2,1-3H3,(H2,23,27)(H,24,28)/b14-4-,15-5+/t21-/m0/s1. The zero-order valence-corrected chi connectivity index (χ0v) is 19.6. The van der Waals surface area contributed by atoms with E-state index in [9.17, 15) is 17.6 Å². The second-order valence-electron chi connectivity index (χ2n) is 8.21. The Hall–Kier alpha value is -2.86. The molecule has 3 N–H and O–H groups in total. The lowest BCUT2D eigenvalue weighted by molar-refractivity contribution is 0.0950. The summed E-state index contributed by atoms with van der Waals surface area (Å²) in [5.74, 6) is -0.601. The molecule has 0 radical (unpaired) electrons. The average molecular weight is 482 g/mol. The van der Waals surface area contributed by atoms with Crippen LogP contribution in [0.5, 0.6) is 5.88 Å². The Bertz CT molecular complexity index is 1100. The maximum absolute atomic E-state index is 13.0. The third kappa shape index (κ3) is 4.91. The summed E-state index contributed by atoms with van der Waals surface area (Å²) in [4.78, 5) is 24.9. The van der Waals surface area contributed by atoms with Gasteiger partial charge in [0.25, 0.3) is 5.91 Å². The molecule has 33 heavy (non-hydrogen) atoms. The third-order valence-corrected chi connectivity index (χ3v) is 8.33. The molecule has 3 rings (SSSR count). The number of aliphatic imine (C=N–C) groups is 1. The van der Waals surface area contributed by atoms with Gasteiger partial charge in [-0.1, -0.05) is 12.2 Å². The summed E-state index contributed by atoms with van der Waals surface area (Å²) in [6.07, 6.45) is 6.02. The van der Waals surface area contributed by atoms with E-state index < -0.39 is 32.7 Å². The number of nitrogens with one attached hydrogen (secondary N) is 1. The lowest BCUT2D eigenvalue weighted by Gasteiger charge is -2.43. The highest BCUT2D eigenvalue weighted by Gasteiger charge is 2.53. The summed E-state index contributed by atoms with van der Waals surface area (Å²) in [6.45, 7) is 4.53. The Balaban J connectivity index is 1.82. The van der Waals surface area contributed by atoms with Crippen LogP contribution in [0.1, 0.15) is 31.3 Å². The van der Waals surface area contributed by atoms with Gasteiger partial charge in [-0.25, -0.2) is 22.8 Å². The third-order valence-electron chi connectivity index (χ3n) is 5.71. The van der Waals surface area contributed by atoms with E-state index in [0.29, 0.717) is 12.2 Å². The fourth-order valence-corrected chi connectivity index (χ4v) is 5.25. The van der Waals surface area contributed by atoms with E-state index in [1.807, 2.05) is 13.0 Å². The van der Waals surface area contributed by atoms with E-state index in [2.05, 4.69) is 20.3 Å². The van der Waals surface area contributed by atoms with Crippen LogP contribution in [0.2, 0.25) is 0 Å². The highest BCUT2D eigenvalue weighted by Crippen LogP contribution is 2.40. The lowest BCUT2D eigenvalue weighted by atomic mass is 9.84. The summed E-state index contributed by atoms with van der Waals surface area (Å²) < 4.78 is 47.6. The van der Waals surface area contributed by atoms with Crippen LogP contribution in [0.25, 0.3) is 0 Å². The normalized spacial score (nSPS) is 26.2. The van der Waals surface area contributed by atoms with Crippen LogP contribution in [0.3, 0.4) is 0 Å². The Kier molecular flexibility index (Phi) is 7.17. The van der Waals surface area contributed by atoms with Crippen molar-refractivity contribution < 1.29 is 27.1 Å². The number of amides is 1. The Morgan fingerprint density at radius 1 is 1.36 bits per heavy atom. The SMILES string of the molecule is C/C=C1/COC[C@]2(CS(=O)(=O)C(C)(C)C(N)=N2)/C1=C/CNC(=O)c1cnc(OCCF)cn1. The number of alkyl halides is 1. The highest BCUT2D eigenvalue weighted by atomic mass is 32.2. The number of halogens is 1. The number of allylic oxidation sites excluding steroid dienone is 1. The monoisotopic (exact) mass is 481 g/mol. The van der Waals surface area contributed by atoms with Crippen LogP contribution in [0, 0.1) is 0 Å². The minimum absolute atomic E-state index is 0.0231. The zero-order chi connectivity index (χ0) is 24.3. The molecule has 2 aliphatic rings. The molecular formula is C21H28FN5O5S. The van der Waals surface area contributed by atoms with Gasteiger partial charge in [0, 0.05) is 6.54 Å². The number of carbonyl (C=O) groups is 1. The first-order chi connectivity index (χ1) is 15.6. The van der Waals surface area contributed by atoms with E-state index in [-0.39, 0.29) is 42.9 Å². The van der Waals surface area contributed by atoms with Crippen molar-refractivity contribution in [3.05, 3.63) is 41.4 Å². The van der Waals surface area contributed by atoms with Crippen molar-refractivity contribution in [1.82, 2.24) is 15.3 Å². The molecule has 3 heterocycles. The smallest absolute Gasteiger partial charge is 0.271 e. The number of carbonyl (C=O) groups excluding carboxylic acids is 1. The van der Waals surface area contributed by atoms with E-state index in [1.54, 1.807) is 6.08 Å². The summed E-state index contributed by atoms with van der Waals surface area (Å²) in [5, 5.41) is 2.71. The summed E-state index contributed by atoms with van der Waals surface area (Å²) in [7, 11) is -3.62. The molecule has 1 aromatic heterocycles. The quantitative estimate of drug-likeness (QED) is 0.606. The molecule has 1 fully saturated rings. The molecule has 0 aliphatic carbocycles. The van der Waals surface area contributed by atoms with Crippen molar-refractivity contribution in [2.45, 2.75) is 31.1 Å². The van der Waals surface area contributed by atoms with E-state index in [1.165, 1.54) is 26.2 Å². The number of sulfone groups is 1. The topological polar surface area (TPSA) is 146 Å². The lowest BCUT2D eigenvalue weighted by Crippen LogP contribution is -2.60. The first-order valence-corrected chi connectivity index (χ1v) is 12.0. The van der Waals surface area contributed by atoms with Crippen molar-refractivity contribution >= 4 is 21.6 Å². The predicted octanol–water partition coefficient (Wildman–Crippen LogP) is 0.761. The van der Waals surface area contributed by atoms with Gasteiger partial charge in [-0.3, -0.25) is 9.79 Å². The number of hydrogen-bond acceptors (Lipinski definition) is 9. The molecule has 0 unspecified atom stereocenters. The Morgan fingerprint density at radius 3 is 2.73 bits per heavy atom. The number of hydrogen-bond donors (Lipinski definition) is 2. The predicted molar refractivity (Wildman–Crippen MR) is 121 cm³/mol. The van der Waals surface area contributed by atoms with Crippen molar-refractivity contribution in [2.75, 3.05) is 38.8 Å². The number of aromatic nitrogens is 2. The zero-order valence-electron chi connectivity index (χ0n) is 18.8. The largest absolute Gasteiger partial charge is 0.474 e. The second kappa shape index (κ2) is 9.56. The van der Waals surface area contributed by atoms with Crippen molar-refractivity contribution in [2.24, 2.45) is 10.7 Å². The summed E-state index contributed by atoms with van der Waals surface area (Å²) >= 11 is 0. The number of rotatable bonds is 6. The van der Waals surface area contributed by atoms with Gasteiger partial charge >= 0.3 is 0 Å². The maximum atomic E-state index is 13.0. The minimum Gasteiger partial charge on any atom is -0.474 e. The fourth-order valence-electron chi connectivity index (χ4n) is 3.60. The van der Waals surface area contributed by atoms with Crippen molar-refractivity contribution in [3.8, 4) is 5.88 Å². The molecule has 1 amide bonds. The Labute approximate surface area is 192 Å². The van der Waals surface area contributed by atoms with Crippen LogP contribution in [0.4, 0.5) is 4.39 Å². The van der Waals surface area contributed by atoms with Gasteiger partial charge in [-0.05, 0) is 31.9 Å². The van der Waals surface area contributed by atoms with Crippen molar-refractivity contribution in [3.63, 3.8) is 0 Å². The molecular weight excluding hydrogens is 453 g/mol. The van der Waals surface area contributed by atoms with Crippen LogP contribution in [-0.4, -0.2) is 79.2 Å². The van der Waals surface area contributed by atoms with Crippen molar-refractivity contribution in [1.29, 1.82) is 0 Å². The number of ether oxygens (including phenoxy) is 2. The maximum Gasteiger partial charge on any atom is 0.271 e. The van der Waals surface area contributed by atoms with Gasteiger partial charge in [0.15, 0.2) is 9.84 Å².